The number of nitrogens with one attached hydrogen (secondary N) is 1. The number of amides is 2. The summed E-state index contributed by atoms with van der Waals surface area (Å²) < 4.78 is 6.76. The zero-order valence-electron chi connectivity index (χ0n) is 23.8. The fourth-order valence-corrected chi connectivity index (χ4v) is 6.12. The first kappa shape index (κ1) is 38.5. The van der Waals surface area contributed by atoms with E-state index in [1.807, 2.05) is 18.2 Å². The van der Waals surface area contributed by atoms with Crippen LogP contribution < -0.4 is 15.8 Å². The van der Waals surface area contributed by atoms with Crippen molar-refractivity contribution in [2.45, 2.75) is 25.8 Å². The lowest BCUT2D eigenvalue weighted by Crippen LogP contribution is -2.29. The van der Waals surface area contributed by atoms with Crippen molar-refractivity contribution in [2.75, 3.05) is 25.5 Å². The maximum absolute atomic E-state index is 11.6. The molecule has 1 aliphatic rings. The Balaban J connectivity index is 0.00000288. The number of carbonyl (C=O) groups is 2. The predicted molar refractivity (Wildman–Crippen MR) is 171 cm³/mol. The molecule has 2 amide bonds. The number of anilines is 1. The zero-order chi connectivity index (χ0) is 27.9. The summed E-state index contributed by atoms with van der Waals surface area (Å²) in [4.78, 5) is 26.2. The highest BCUT2D eigenvalue weighted by Gasteiger charge is 2.18. The molecular formula is C31H39N3O8S. The van der Waals surface area contributed by atoms with Gasteiger partial charge in [-0.2, -0.15) is 0 Å². The van der Waals surface area contributed by atoms with Gasteiger partial charge in [0.2, 0.25) is 0 Å². The van der Waals surface area contributed by atoms with Gasteiger partial charge in [-0.1, -0.05) is 24.3 Å². The highest BCUT2D eigenvalue weighted by Crippen LogP contribution is 2.41. The molecule has 3 aromatic carbocycles. The summed E-state index contributed by atoms with van der Waals surface area (Å²) >= 11 is 1.61. The normalized spacial score (nSPS) is 11.8. The van der Waals surface area contributed by atoms with Crippen LogP contribution in [0.25, 0.3) is 20.5 Å². The van der Waals surface area contributed by atoms with Crippen LogP contribution in [0.3, 0.4) is 0 Å². The Labute approximate surface area is 254 Å². The van der Waals surface area contributed by atoms with Gasteiger partial charge in [0.1, 0.15) is 11.5 Å². The largest absolute Gasteiger partial charge is 0.508 e. The van der Waals surface area contributed by atoms with E-state index in [9.17, 15) is 14.7 Å². The number of aromatic hydroxyl groups is 1. The monoisotopic (exact) mass is 613 g/mol. The van der Waals surface area contributed by atoms with E-state index in [0.717, 1.165) is 57.0 Å². The second kappa shape index (κ2) is 17.5. The standard InChI is InChI=1S/C29H29N3O4S.C2H2.4H2O/c1-36-25-15-18(4-5-20(25)17-32-12-2-3-13-32)14-24-23-11-10-22(33)16-26(23)37-27(24)19-6-8-21(9-7-19)31-29(35)28(30)34;1-2;;;;/h4-11,15-16,33H,2-3,12-14,17H2,1H3,(H2,30,34)(H,31,35);1-2H;4*1H2. The molecule has 1 aliphatic heterocycles. The Morgan fingerprint density at radius 2 is 1.63 bits per heavy atom. The molecular weight excluding hydrogens is 574 g/mol. The molecule has 12 heteroatoms. The van der Waals surface area contributed by atoms with Crippen molar-refractivity contribution in [2.24, 2.45) is 5.73 Å². The number of primary amides is 1. The van der Waals surface area contributed by atoms with Gasteiger partial charge < -0.3 is 42.8 Å². The van der Waals surface area contributed by atoms with Crippen molar-refractivity contribution >= 4 is 38.9 Å². The van der Waals surface area contributed by atoms with Crippen LogP contribution in [0.15, 0.2) is 60.7 Å². The third-order valence-corrected chi connectivity index (χ3v) is 7.97. The molecule has 12 N–H and O–H groups in total. The van der Waals surface area contributed by atoms with Gasteiger partial charge in [-0.25, -0.2) is 0 Å². The molecule has 1 fully saturated rings. The lowest BCUT2D eigenvalue weighted by Gasteiger charge is -2.18. The summed E-state index contributed by atoms with van der Waals surface area (Å²) in [5, 5.41) is 13.7. The molecule has 1 saturated heterocycles. The van der Waals surface area contributed by atoms with Crippen molar-refractivity contribution < 1.29 is 41.3 Å². The Morgan fingerprint density at radius 1 is 0.977 bits per heavy atom. The smallest absolute Gasteiger partial charge is 0.313 e. The fourth-order valence-electron chi connectivity index (χ4n) is 4.86. The number of nitrogens with two attached hydrogens (primary N) is 1. The Bertz CT molecular complexity index is 1510. The van der Waals surface area contributed by atoms with Gasteiger partial charge in [0, 0.05) is 27.4 Å². The molecule has 0 saturated carbocycles. The van der Waals surface area contributed by atoms with Crippen LogP contribution in [0.5, 0.6) is 11.5 Å². The minimum absolute atomic E-state index is 0. The Hall–Kier alpha value is -4.48. The van der Waals surface area contributed by atoms with E-state index in [2.05, 4.69) is 41.3 Å². The van der Waals surface area contributed by atoms with Crippen molar-refractivity contribution in [3.05, 3.63) is 77.4 Å². The molecule has 0 atom stereocenters. The van der Waals surface area contributed by atoms with Crippen LogP contribution in [0.1, 0.15) is 29.5 Å². The van der Waals surface area contributed by atoms with Crippen molar-refractivity contribution in [3.8, 4) is 34.8 Å². The average molecular weight is 614 g/mol. The first-order chi connectivity index (χ1) is 18.9. The van der Waals surface area contributed by atoms with Gasteiger partial charge in [0.25, 0.3) is 0 Å². The number of likely N-dealkylation sites (tertiary alicyclic amines) is 1. The highest BCUT2D eigenvalue weighted by molar-refractivity contribution is 7.22. The topological polar surface area (TPSA) is 231 Å². The lowest BCUT2D eigenvalue weighted by molar-refractivity contribution is -0.134. The molecule has 5 rings (SSSR count). The summed E-state index contributed by atoms with van der Waals surface area (Å²) in [6.07, 6.45) is 11.2. The SMILES string of the molecule is C#C.COc1cc(Cc2c(-c3ccc(NC(=O)C(N)=O)cc3)sc3cc(O)ccc23)ccc1CN1CCCC1.O.O.O.O. The van der Waals surface area contributed by atoms with Gasteiger partial charge in [0.05, 0.1) is 7.11 Å². The summed E-state index contributed by atoms with van der Waals surface area (Å²) in [6.45, 7) is 3.16. The number of benzene rings is 3. The van der Waals surface area contributed by atoms with Gasteiger partial charge in [0.15, 0.2) is 0 Å². The minimum Gasteiger partial charge on any atom is -0.508 e. The molecule has 11 nitrogen and oxygen atoms in total. The van der Waals surface area contributed by atoms with E-state index in [1.165, 1.54) is 18.4 Å². The van der Waals surface area contributed by atoms with Crippen molar-refractivity contribution in [1.82, 2.24) is 4.90 Å². The molecule has 43 heavy (non-hydrogen) atoms. The molecule has 232 valence electrons. The maximum atomic E-state index is 11.6. The molecule has 0 radical (unpaired) electrons. The molecule has 4 aromatic rings. The minimum atomic E-state index is -1.03. The molecule has 0 unspecified atom stereocenters. The summed E-state index contributed by atoms with van der Waals surface area (Å²) in [6, 6.07) is 19.2. The second-order valence-corrected chi connectivity index (χ2v) is 10.3. The third kappa shape index (κ3) is 9.00. The molecule has 0 aliphatic carbocycles. The maximum Gasteiger partial charge on any atom is 0.313 e. The number of nitrogens with zero attached hydrogens (tertiary/aromatic N) is 1. The third-order valence-electron chi connectivity index (χ3n) is 6.73. The molecule has 2 heterocycles. The van der Waals surface area contributed by atoms with E-state index in [4.69, 9.17) is 10.5 Å². The highest BCUT2D eigenvalue weighted by atomic mass is 32.1. The van der Waals surface area contributed by atoms with E-state index in [1.54, 1.807) is 42.7 Å². The number of thiophene rings is 1. The van der Waals surface area contributed by atoms with Gasteiger partial charge in [-0.3, -0.25) is 14.5 Å². The van der Waals surface area contributed by atoms with Crippen LogP contribution in [0, 0.1) is 12.8 Å². The number of phenols is 1. The van der Waals surface area contributed by atoms with E-state index < -0.39 is 11.8 Å². The van der Waals surface area contributed by atoms with Gasteiger partial charge in [-0.05, 0) is 90.8 Å². The van der Waals surface area contributed by atoms with E-state index in [-0.39, 0.29) is 27.7 Å². The summed E-state index contributed by atoms with van der Waals surface area (Å²) in [5.41, 5.74) is 10.0. The van der Waals surface area contributed by atoms with Crippen LogP contribution in [-0.2, 0) is 22.6 Å². The quantitative estimate of drug-likeness (QED) is 0.209. The predicted octanol–water partition coefficient (Wildman–Crippen LogP) is 1.84. The second-order valence-electron chi connectivity index (χ2n) is 9.29. The van der Waals surface area contributed by atoms with E-state index in [0.29, 0.717) is 12.1 Å². The van der Waals surface area contributed by atoms with Gasteiger partial charge >= 0.3 is 11.8 Å². The number of methoxy groups -OCH3 is 1. The number of phenolic OH excluding ortho intramolecular Hbond substituents is 1. The lowest BCUT2D eigenvalue weighted by atomic mass is 9.97. The van der Waals surface area contributed by atoms with Crippen LogP contribution in [0.2, 0.25) is 0 Å². The first-order valence-electron chi connectivity index (χ1n) is 12.6. The number of hydrogen-bond acceptors (Lipinski definition) is 6. The zero-order valence-corrected chi connectivity index (χ0v) is 24.6. The molecule has 0 bridgehead atoms. The summed E-state index contributed by atoms with van der Waals surface area (Å²) in [5.74, 6) is -0.757. The number of rotatable bonds is 7. The molecule has 0 spiro atoms. The first-order valence-corrected chi connectivity index (χ1v) is 13.4. The van der Waals surface area contributed by atoms with Crippen molar-refractivity contribution in [3.63, 3.8) is 0 Å². The Kier molecular flexibility index (Phi) is 15.6. The number of hydrogen-bond donors (Lipinski definition) is 3. The van der Waals surface area contributed by atoms with Crippen LogP contribution >= 0.6 is 11.3 Å². The number of carbonyl (C=O) groups excluding carboxylic acids is 2. The van der Waals surface area contributed by atoms with Crippen LogP contribution in [0.4, 0.5) is 5.69 Å². The fraction of sp³-hybridized carbons (Fsp3) is 0.226. The van der Waals surface area contributed by atoms with Crippen molar-refractivity contribution in [1.29, 1.82) is 0 Å². The van der Waals surface area contributed by atoms with Crippen LogP contribution in [-0.4, -0.2) is 63.9 Å². The molecule has 1 aromatic heterocycles. The van der Waals surface area contributed by atoms with Gasteiger partial charge in [-0.15, -0.1) is 24.2 Å². The number of terminal acetylenes is 1. The average Bonchev–Trinajstić information content (AvgIpc) is 3.58. The van der Waals surface area contributed by atoms with E-state index >= 15 is 0 Å². The Morgan fingerprint density at radius 3 is 2.23 bits per heavy atom. The number of fused-ring (bicyclic) bond motifs is 1. The number of ether oxygens (including phenoxy) is 1. The summed E-state index contributed by atoms with van der Waals surface area (Å²) in [7, 11) is 1.72.